The maximum absolute atomic E-state index is 13.6. The molecule has 0 unspecified atom stereocenters. The number of nitrogens with one attached hydrogen (secondary N) is 1. The Morgan fingerprint density at radius 2 is 1.88 bits per heavy atom. The molecule has 0 aliphatic carbocycles. The summed E-state index contributed by atoms with van der Waals surface area (Å²) in [5.41, 5.74) is 1.82. The second-order valence-corrected chi connectivity index (χ2v) is 13.6. The van der Waals surface area contributed by atoms with Crippen molar-refractivity contribution in [1.82, 2.24) is 4.98 Å². The number of alkyl halides is 1. The van der Waals surface area contributed by atoms with Crippen molar-refractivity contribution in [2.24, 2.45) is 0 Å². The molecule has 0 spiro atoms. The lowest BCUT2D eigenvalue weighted by atomic mass is 10.2. The van der Waals surface area contributed by atoms with Crippen molar-refractivity contribution in [1.29, 1.82) is 0 Å². The predicted molar refractivity (Wildman–Crippen MR) is 136 cm³/mol. The van der Waals surface area contributed by atoms with E-state index in [9.17, 15) is 21.2 Å². The number of aromatic nitrogens is 1. The molecule has 0 amide bonds. The molecule has 1 N–H and O–H groups in total. The van der Waals surface area contributed by atoms with Crippen LogP contribution in [0.2, 0.25) is 0 Å². The zero-order valence-corrected chi connectivity index (χ0v) is 22.1. The van der Waals surface area contributed by atoms with Gasteiger partial charge in [-0.1, -0.05) is 22.6 Å². The summed E-state index contributed by atoms with van der Waals surface area (Å²) >= 11 is 4.58. The van der Waals surface area contributed by atoms with E-state index in [4.69, 9.17) is 0 Å². The smallest absolute Gasteiger partial charge is 0.271 e. The first-order valence-corrected chi connectivity index (χ1v) is 15.7. The summed E-state index contributed by atoms with van der Waals surface area (Å²) in [6.07, 6.45) is 1.02. The number of thiazole rings is 1. The molecule has 0 radical (unpaired) electrons. The van der Waals surface area contributed by atoms with Gasteiger partial charge in [0.15, 0.2) is 9.84 Å². The average molecular weight is 623 g/mol. The van der Waals surface area contributed by atoms with Crippen molar-refractivity contribution < 1.29 is 21.2 Å². The lowest BCUT2D eigenvalue weighted by molar-refractivity contribution is 0.602. The molecule has 0 atom stereocenters. The van der Waals surface area contributed by atoms with E-state index < -0.39 is 25.7 Å². The quantitative estimate of drug-likeness (QED) is 0.223. The Bertz CT molecular complexity index is 1560. The summed E-state index contributed by atoms with van der Waals surface area (Å²) in [5.74, 6) is -0.460. The summed E-state index contributed by atoms with van der Waals surface area (Å²) in [4.78, 5) is 4.32. The van der Waals surface area contributed by atoms with E-state index >= 15 is 0 Å². The molecule has 0 aliphatic rings. The van der Waals surface area contributed by atoms with Gasteiger partial charge < -0.3 is 0 Å². The van der Waals surface area contributed by atoms with E-state index in [0.717, 1.165) is 27.7 Å². The van der Waals surface area contributed by atoms with Gasteiger partial charge in [0.25, 0.3) is 10.0 Å². The summed E-state index contributed by atoms with van der Waals surface area (Å²) in [6.45, 7) is 1.60. The summed E-state index contributed by atoms with van der Waals surface area (Å²) < 4.78 is 68.6. The van der Waals surface area contributed by atoms with Crippen LogP contribution in [0.1, 0.15) is 11.3 Å². The van der Waals surface area contributed by atoms with Gasteiger partial charge in [-0.05, 0) is 54.3 Å². The number of anilines is 1. The van der Waals surface area contributed by atoms with Crippen LogP contribution in [0.15, 0.2) is 50.9 Å². The lowest BCUT2D eigenvalue weighted by Gasteiger charge is -2.12. The molecule has 0 aliphatic heterocycles. The minimum absolute atomic E-state index is 0.00763. The van der Waals surface area contributed by atoms with Crippen LogP contribution in [0.4, 0.5) is 10.1 Å². The number of benzene rings is 2. The zero-order valence-electron chi connectivity index (χ0n) is 16.7. The number of hydrogen-bond acceptors (Lipinski definition) is 7. The van der Waals surface area contributed by atoms with Gasteiger partial charge in [0, 0.05) is 26.3 Å². The van der Waals surface area contributed by atoms with Crippen molar-refractivity contribution in [2.45, 2.75) is 20.5 Å². The van der Waals surface area contributed by atoms with E-state index in [1.54, 1.807) is 13.0 Å². The van der Waals surface area contributed by atoms with Gasteiger partial charge in [0.1, 0.15) is 15.0 Å². The normalized spacial score (nSPS) is 12.4. The second-order valence-electron chi connectivity index (χ2n) is 7.02. The number of rotatable bonds is 6. The van der Waals surface area contributed by atoms with Crippen LogP contribution in [-0.4, -0.2) is 28.1 Å². The fourth-order valence-corrected chi connectivity index (χ4v) is 8.42. The first kappa shape index (κ1) is 23.5. The van der Waals surface area contributed by atoms with E-state index in [-0.39, 0.29) is 14.8 Å². The molecule has 0 saturated heterocycles. The van der Waals surface area contributed by atoms with Crippen LogP contribution in [-0.2, 0) is 24.3 Å². The summed E-state index contributed by atoms with van der Waals surface area (Å²) in [6, 6.07) is 8.57. The van der Waals surface area contributed by atoms with Crippen molar-refractivity contribution in [3.63, 3.8) is 0 Å². The van der Waals surface area contributed by atoms with Crippen molar-refractivity contribution in [2.75, 3.05) is 11.0 Å². The van der Waals surface area contributed by atoms with Gasteiger partial charge in [-0.25, -0.2) is 26.2 Å². The molecule has 168 valence electrons. The molecule has 6 nitrogen and oxygen atoms in total. The topological polar surface area (TPSA) is 93.2 Å². The monoisotopic (exact) mass is 622 g/mol. The van der Waals surface area contributed by atoms with Crippen LogP contribution >= 0.6 is 45.3 Å². The van der Waals surface area contributed by atoms with Crippen LogP contribution in [0, 0.1) is 12.7 Å². The van der Waals surface area contributed by atoms with E-state index in [0.29, 0.717) is 26.2 Å². The molecule has 0 saturated carbocycles. The van der Waals surface area contributed by atoms with Crippen LogP contribution in [0.5, 0.6) is 0 Å². The van der Waals surface area contributed by atoms with Crippen LogP contribution in [0.3, 0.4) is 0 Å². The maximum Gasteiger partial charge on any atom is 0.271 e. The Morgan fingerprint density at radius 3 is 2.53 bits per heavy atom. The molecule has 2 aromatic heterocycles. The highest BCUT2D eigenvalue weighted by Crippen LogP contribution is 2.37. The number of sulfone groups is 1. The minimum Gasteiger partial charge on any atom is -0.278 e. The fraction of sp³-hybridized carbons (Fsp3) is 0.150. The van der Waals surface area contributed by atoms with Crippen molar-refractivity contribution in [3.8, 4) is 10.6 Å². The predicted octanol–water partition coefficient (Wildman–Crippen LogP) is 5.61. The molecular weight excluding hydrogens is 606 g/mol. The third-order valence-corrected chi connectivity index (χ3v) is 10.8. The highest BCUT2D eigenvalue weighted by atomic mass is 127. The van der Waals surface area contributed by atoms with Gasteiger partial charge in [-0.2, -0.15) is 0 Å². The minimum atomic E-state index is -4.11. The average Bonchev–Trinajstić information content (AvgIpc) is 3.32. The third kappa shape index (κ3) is 4.55. The fourth-order valence-electron chi connectivity index (χ4n) is 3.17. The Hall–Kier alpha value is -1.61. The molecule has 0 bridgehead atoms. The van der Waals surface area contributed by atoms with Crippen molar-refractivity contribution >= 4 is 80.9 Å². The molecule has 4 rings (SSSR count). The van der Waals surface area contributed by atoms with Gasteiger partial charge in [0.05, 0.1) is 16.3 Å². The molecule has 0 fully saturated rings. The van der Waals surface area contributed by atoms with Gasteiger partial charge in [0.2, 0.25) is 0 Å². The standard InChI is InChI=1S/C20H16FIN2O4S4/c1-11-15-8-13(21)4-6-17(15)30-20(11)32(27,28)24-16-5-3-12(7-18(16)31(2,25)26)19-23-14(9-22)10-29-19/h3-8,10,24H,9H2,1-2H3. The van der Waals surface area contributed by atoms with Gasteiger partial charge in [-0.3, -0.25) is 4.72 Å². The number of hydrogen-bond donors (Lipinski definition) is 1. The molecule has 2 heterocycles. The zero-order chi connectivity index (χ0) is 23.3. The number of nitrogens with zero attached hydrogens (tertiary/aromatic N) is 1. The summed E-state index contributed by atoms with van der Waals surface area (Å²) in [5, 5.41) is 3.05. The van der Waals surface area contributed by atoms with Crippen LogP contribution in [0.25, 0.3) is 20.7 Å². The Balaban J connectivity index is 1.79. The van der Waals surface area contributed by atoms with E-state index in [2.05, 4.69) is 32.3 Å². The largest absolute Gasteiger partial charge is 0.278 e. The number of sulfonamides is 1. The highest BCUT2D eigenvalue weighted by Gasteiger charge is 2.25. The SMILES string of the molecule is Cc1c(S(=O)(=O)Nc2ccc(-c3nc(CI)cs3)cc2S(C)(=O)=O)sc2ccc(F)cc12. The molecular formula is C20H16FIN2O4S4. The maximum atomic E-state index is 13.6. The van der Waals surface area contributed by atoms with E-state index in [1.165, 1.54) is 41.7 Å². The van der Waals surface area contributed by atoms with Crippen molar-refractivity contribution in [3.05, 3.63) is 58.9 Å². The Kier molecular flexibility index (Phi) is 6.35. The number of halogens is 2. The Morgan fingerprint density at radius 1 is 1.12 bits per heavy atom. The molecule has 2 aromatic carbocycles. The molecule has 32 heavy (non-hydrogen) atoms. The van der Waals surface area contributed by atoms with Crippen LogP contribution < -0.4 is 4.72 Å². The Labute approximate surface area is 206 Å². The highest BCUT2D eigenvalue weighted by molar-refractivity contribution is 14.1. The first-order chi connectivity index (χ1) is 15.0. The van der Waals surface area contributed by atoms with Gasteiger partial charge >= 0.3 is 0 Å². The van der Waals surface area contributed by atoms with Gasteiger partial charge in [-0.15, -0.1) is 22.7 Å². The van der Waals surface area contributed by atoms with E-state index in [1.807, 2.05) is 5.38 Å². The molecule has 12 heteroatoms. The number of aryl methyl sites for hydroxylation is 1. The summed E-state index contributed by atoms with van der Waals surface area (Å²) in [7, 11) is -7.87. The second kappa shape index (κ2) is 8.63. The lowest BCUT2D eigenvalue weighted by Crippen LogP contribution is -2.15. The first-order valence-electron chi connectivity index (χ1n) is 9.06. The third-order valence-electron chi connectivity index (χ3n) is 4.66. The number of fused-ring (bicyclic) bond motifs is 1. The molecule has 4 aromatic rings. The number of thiophene rings is 1.